The van der Waals surface area contributed by atoms with Gasteiger partial charge in [-0.1, -0.05) is 15.9 Å². The monoisotopic (exact) mass is 431 g/mol. The van der Waals surface area contributed by atoms with E-state index in [2.05, 4.69) is 20.7 Å². The number of ether oxygens (including phenoxy) is 3. The molecule has 0 amide bonds. The summed E-state index contributed by atoms with van der Waals surface area (Å²) in [7, 11) is 1.19. The van der Waals surface area contributed by atoms with Gasteiger partial charge in [-0.2, -0.15) is 8.78 Å². The molecular weight excluding hydrogens is 420 g/mol. The molecule has 0 atom stereocenters. The summed E-state index contributed by atoms with van der Waals surface area (Å²) < 4.78 is 39.8. The van der Waals surface area contributed by atoms with E-state index < -0.39 is 35.5 Å². The Kier molecular flexibility index (Phi) is 6.45. The van der Waals surface area contributed by atoms with Crippen molar-refractivity contribution in [3.05, 3.63) is 62.1 Å². The molecule has 2 aromatic rings. The number of nitro groups is 1. The lowest BCUT2D eigenvalue weighted by Gasteiger charge is -2.12. The topological polar surface area (TPSA) is 87.9 Å². The minimum absolute atomic E-state index is 0.0288. The predicted molar refractivity (Wildman–Crippen MR) is 89.5 cm³/mol. The summed E-state index contributed by atoms with van der Waals surface area (Å²) in [4.78, 5) is 22.4. The Hall–Kier alpha value is -2.75. The van der Waals surface area contributed by atoms with E-state index in [0.29, 0.717) is 0 Å². The fourth-order valence-corrected chi connectivity index (χ4v) is 2.30. The summed E-state index contributed by atoms with van der Waals surface area (Å²) >= 11 is 3.23. The number of nitrogens with zero attached hydrogens (tertiary/aromatic N) is 1. The van der Waals surface area contributed by atoms with E-state index in [9.17, 15) is 23.7 Å². The predicted octanol–water partition coefficient (Wildman–Crippen LogP) is 4.32. The molecule has 0 aliphatic rings. The number of carbonyl (C=O) groups excluding carboxylic acids is 1. The van der Waals surface area contributed by atoms with E-state index in [4.69, 9.17) is 9.47 Å². The fraction of sp³-hybridized carbons (Fsp3) is 0.188. The number of hydrogen-bond acceptors (Lipinski definition) is 6. The summed E-state index contributed by atoms with van der Waals surface area (Å²) in [5.41, 5.74) is -0.315. The van der Waals surface area contributed by atoms with Crippen molar-refractivity contribution in [2.24, 2.45) is 0 Å². The molecule has 0 fully saturated rings. The third-order valence-electron chi connectivity index (χ3n) is 3.22. The van der Waals surface area contributed by atoms with E-state index in [1.807, 2.05) is 0 Å². The van der Waals surface area contributed by atoms with Crippen LogP contribution in [0.5, 0.6) is 11.5 Å². The van der Waals surface area contributed by atoms with E-state index in [1.165, 1.54) is 19.2 Å². The molecule has 0 unspecified atom stereocenters. The SMILES string of the molecule is COc1cc(COC(=O)c2ccc(Br)cc2)c([N+](=O)[O-])cc1OC(F)F. The van der Waals surface area contributed by atoms with Crippen molar-refractivity contribution in [3.8, 4) is 11.5 Å². The van der Waals surface area contributed by atoms with Crippen molar-refractivity contribution >= 4 is 27.6 Å². The Morgan fingerprint density at radius 1 is 1.23 bits per heavy atom. The zero-order chi connectivity index (χ0) is 19.3. The standard InChI is InChI=1S/C16H12BrF2NO6/c1-24-13-6-10(12(20(22)23)7-14(13)26-16(18)19)8-25-15(21)9-2-4-11(17)5-3-9/h2-7,16H,8H2,1H3. The lowest BCUT2D eigenvalue weighted by atomic mass is 10.1. The van der Waals surface area contributed by atoms with Gasteiger partial charge in [0.1, 0.15) is 6.61 Å². The highest BCUT2D eigenvalue weighted by molar-refractivity contribution is 9.10. The molecule has 2 aromatic carbocycles. The van der Waals surface area contributed by atoms with Crippen LogP contribution >= 0.6 is 15.9 Å². The smallest absolute Gasteiger partial charge is 0.387 e. The molecule has 26 heavy (non-hydrogen) atoms. The molecule has 10 heteroatoms. The second-order valence-electron chi connectivity index (χ2n) is 4.85. The third kappa shape index (κ3) is 4.88. The van der Waals surface area contributed by atoms with Gasteiger partial charge in [-0.25, -0.2) is 4.79 Å². The molecule has 0 aliphatic heterocycles. The first-order valence-electron chi connectivity index (χ1n) is 7.04. The molecule has 0 heterocycles. The maximum atomic E-state index is 12.4. The minimum Gasteiger partial charge on any atom is -0.493 e. The number of hydrogen-bond donors (Lipinski definition) is 0. The number of nitro benzene ring substituents is 1. The van der Waals surface area contributed by atoms with E-state index in [0.717, 1.165) is 16.6 Å². The Labute approximate surface area is 154 Å². The van der Waals surface area contributed by atoms with Crippen LogP contribution in [-0.2, 0) is 11.3 Å². The maximum Gasteiger partial charge on any atom is 0.387 e. The van der Waals surface area contributed by atoms with Crippen LogP contribution in [0, 0.1) is 10.1 Å². The Morgan fingerprint density at radius 2 is 1.88 bits per heavy atom. The first kappa shape index (κ1) is 19.6. The summed E-state index contributed by atoms with van der Waals surface area (Å²) in [6, 6.07) is 8.22. The van der Waals surface area contributed by atoms with E-state index in [1.54, 1.807) is 12.1 Å². The van der Waals surface area contributed by atoms with Crippen LogP contribution in [0.2, 0.25) is 0 Å². The Morgan fingerprint density at radius 3 is 2.42 bits per heavy atom. The van der Waals surface area contributed by atoms with Gasteiger partial charge in [-0.3, -0.25) is 10.1 Å². The van der Waals surface area contributed by atoms with Crippen LogP contribution in [0.1, 0.15) is 15.9 Å². The zero-order valence-electron chi connectivity index (χ0n) is 13.3. The van der Waals surface area contributed by atoms with Crippen LogP contribution < -0.4 is 9.47 Å². The molecule has 138 valence electrons. The highest BCUT2D eigenvalue weighted by Gasteiger charge is 2.22. The molecule has 0 N–H and O–H groups in total. The molecule has 0 saturated heterocycles. The highest BCUT2D eigenvalue weighted by atomic mass is 79.9. The van der Waals surface area contributed by atoms with Gasteiger partial charge in [-0.15, -0.1) is 0 Å². The van der Waals surface area contributed by atoms with E-state index >= 15 is 0 Å². The largest absolute Gasteiger partial charge is 0.493 e. The van der Waals surface area contributed by atoms with Gasteiger partial charge in [0.25, 0.3) is 5.69 Å². The van der Waals surface area contributed by atoms with Crippen LogP contribution in [0.25, 0.3) is 0 Å². The number of methoxy groups -OCH3 is 1. The maximum absolute atomic E-state index is 12.4. The van der Waals surface area contributed by atoms with Crippen LogP contribution in [-0.4, -0.2) is 24.6 Å². The number of benzene rings is 2. The summed E-state index contributed by atoms with van der Waals surface area (Å²) in [5.74, 6) is -1.33. The lowest BCUT2D eigenvalue weighted by molar-refractivity contribution is -0.386. The molecule has 0 aliphatic carbocycles. The van der Waals surface area contributed by atoms with Gasteiger partial charge in [0.2, 0.25) is 0 Å². The number of esters is 1. The van der Waals surface area contributed by atoms with Gasteiger partial charge in [0.05, 0.1) is 29.2 Å². The molecule has 0 spiro atoms. The van der Waals surface area contributed by atoms with Crippen LogP contribution in [0.4, 0.5) is 14.5 Å². The van der Waals surface area contributed by atoms with E-state index in [-0.39, 0.29) is 16.9 Å². The Balaban J connectivity index is 2.25. The van der Waals surface area contributed by atoms with Gasteiger partial charge < -0.3 is 14.2 Å². The first-order chi connectivity index (χ1) is 12.3. The number of alkyl halides is 2. The second-order valence-corrected chi connectivity index (χ2v) is 5.77. The number of halogens is 3. The molecule has 0 radical (unpaired) electrons. The molecule has 2 rings (SSSR count). The number of carbonyl (C=O) groups is 1. The van der Waals surface area contributed by atoms with Crippen LogP contribution in [0.15, 0.2) is 40.9 Å². The van der Waals surface area contributed by atoms with Gasteiger partial charge in [-0.05, 0) is 30.3 Å². The minimum atomic E-state index is -3.18. The summed E-state index contributed by atoms with van der Waals surface area (Å²) in [5, 5.41) is 11.2. The second kappa shape index (κ2) is 8.56. The average molecular weight is 432 g/mol. The zero-order valence-corrected chi connectivity index (χ0v) is 14.9. The lowest BCUT2D eigenvalue weighted by Crippen LogP contribution is -2.08. The molecule has 0 aromatic heterocycles. The van der Waals surface area contributed by atoms with Gasteiger partial charge in [0.15, 0.2) is 11.5 Å². The fourth-order valence-electron chi connectivity index (χ4n) is 2.04. The van der Waals surface area contributed by atoms with Crippen molar-refractivity contribution in [3.63, 3.8) is 0 Å². The van der Waals surface area contributed by atoms with Gasteiger partial charge in [0, 0.05) is 4.47 Å². The average Bonchev–Trinajstić information content (AvgIpc) is 2.59. The van der Waals surface area contributed by atoms with Crippen LogP contribution in [0.3, 0.4) is 0 Å². The van der Waals surface area contributed by atoms with Crippen molar-refractivity contribution < 1.29 is 32.7 Å². The van der Waals surface area contributed by atoms with Crippen molar-refractivity contribution in [1.29, 1.82) is 0 Å². The van der Waals surface area contributed by atoms with Crippen molar-refractivity contribution in [2.75, 3.05) is 7.11 Å². The quantitative estimate of drug-likeness (QED) is 0.368. The van der Waals surface area contributed by atoms with Gasteiger partial charge >= 0.3 is 12.6 Å². The first-order valence-corrected chi connectivity index (χ1v) is 7.84. The van der Waals surface area contributed by atoms with Crippen molar-refractivity contribution in [1.82, 2.24) is 0 Å². The normalized spacial score (nSPS) is 10.5. The Bertz CT molecular complexity index is 813. The molecule has 0 saturated carbocycles. The third-order valence-corrected chi connectivity index (χ3v) is 3.75. The molecule has 7 nitrogen and oxygen atoms in total. The number of rotatable bonds is 7. The summed E-state index contributed by atoms with van der Waals surface area (Å²) in [6.45, 7) is -3.62. The highest BCUT2D eigenvalue weighted by Crippen LogP contribution is 2.36. The van der Waals surface area contributed by atoms with Crippen molar-refractivity contribution in [2.45, 2.75) is 13.2 Å². The molecular formula is C16H12BrF2NO6. The summed E-state index contributed by atoms with van der Waals surface area (Å²) in [6.07, 6.45) is 0. The molecule has 0 bridgehead atoms.